The third-order valence-corrected chi connectivity index (χ3v) is 4.80. The normalized spacial score (nSPS) is 22.2. The summed E-state index contributed by atoms with van der Waals surface area (Å²) in [5.41, 5.74) is 1.06. The minimum absolute atomic E-state index is 0.312. The fourth-order valence-corrected chi connectivity index (χ4v) is 3.64. The van der Waals surface area contributed by atoms with Gasteiger partial charge in [-0.05, 0) is 36.8 Å². The highest BCUT2D eigenvalue weighted by molar-refractivity contribution is 6.28. The van der Waals surface area contributed by atoms with Crippen LogP contribution in [0.2, 0.25) is 5.28 Å². The van der Waals surface area contributed by atoms with Crippen LogP contribution in [0.25, 0.3) is 0 Å². The van der Waals surface area contributed by atoms with Crippen LogP contribution in [-0.2, 0) is 0 Å². The van der Waals surface area contributed by atoms with Crippen LogP contribution >= 0.6 is 11.6 Å². The van der Waals surface area contributed by atoms with E-state index >= 15 is 0 Å². The molecule has 1 saturated heterocycles. The molecule has 0 radical (unpaired) electrons. The number of amides is 1. The zero-order valence-corrected chi connectivity index (χ0v) is 13.2. The molecule has 7 heteroatoms. The van der Waals surface area contributed by atoms with Crippen LogP contribution in [0.3, 0.4) is 0 Å². The van der Waals surface area contributed by atoms with Crippen LogP contribution in [0.4, 0.5) is 10.6 Å². The third kappa shape index (κ3) is 3.61. The predicted octanol–water partition coefficient (Wildman–Crippen LogP) is 2.88. The average Bonchev–Trinajstić information content (AvgIpc) is 3.16. The summed E-state index contributed by atoms with van der Waals surface area (Å²) in [7, 11) is 0. The molecule has 1 atom stereocenters. The average molecular weight is 325 g/mol. The maximum atomic E-state index is 10.6. The molecule has 22 heavy (non-hydrogen) atoms. The molecule has 1 aromatic rings. The molecule has 0 bridgehead atoms. The van der Waals surface area contributed by atoms with Crippen molar-refractivity contribution in [2.75, 3.05) is 24.5 Å². The van der Waals surface area contributed by atoms with Crippen molar-refractivity contribution in [1.29, 1.82) is 0 Å². The van der Waals surface area contributed by atoms with Gasteiger partial charge in [-0.25, -0.2) is 14.8 Å². The summed E-state index contributed by atoms with van der Waals surface area (Å²) in [6, 6.07) is 2.06. The van der Waals surface area contributed by atoms with Crippen molar-refractivity contribution in [3.8, 4) is 0 Å². The highest BCUT2D eigenvalue weighted by Gasteiger charge is 2.26. The summed E-state index contributed by atoms with van der Waals surface area (Å²) in [5, 5.41) is 11.5. The van der Waals surface area contributed by atoms with Crippen molar-refractivity contribution in [2.24, 2.45) is 5.92 Å². The topological polar surface area (TPSA) is 78.4 Å². The van der Waals surface area contributed by atoms with Gasteiger partial charge in [-0.2, -0.15) is 0 Å². The van der Waals surface area contributed by atoms with Gasteiger partial charge in [0, 0.05) is 31.6 Å². The number of nitrogens with zero attached hydrogens (tertiary/aromatic N) is 3. The van der Waals surface area contributed by atoms with E-state index in [2.05, 4.69) is 26.3 Å². The lowest BCUT2D eigenvalue weighted by Gasteiger charge is -2.19. The van der Waals surface area contributed by atoms with E-state index in [1.165, 1.54) is 25.7 Å². The van der Waals surface area contributed by atoms with Gasteiger partial charge in [-0.3, -0.25) is 0 Å². The number of halogens is 1. The molecule has 0 spiro atoms. The molecule has 1 aliphatic carbocycles. The third-order valence-electron chi connectivity index (χ3n) is 4.63. The fraction of sp³-hybridized carbons (Fsp3) is 0.667. The van der Waals surface area contributed by atoms with E-state index in [1.807, 2.05) is 0 Å². The highest BCUT2D eigenvalue weighted by atomic mass is 35.5. The van der Waals surface area contributed by atoms with Gasteiger partial charge in [-0.1, -0.05) is 12.8 Å². The maximum absolute atomic E-state index is 10.6. The van der Waals surface area contributed by atoms with Gasteiger partial charge in [0.05, 0.1) is 5.69 Å². The molecule has 2 heterocycles. The van der Waals surface area contributed by atoms with Crippen molar-refractivity contribution in [3.63, 3.8) is 0 Å². The van der Waals surface area contributed by atoms with E-state index in [1.54, 1.807) is 0 Å². The molecule has 120 valence electrons. The van der Waals surface area contributed by atoms with Gasteiger partial charge >= 0.3 is 6.09 Å². The molecule has 0 aromatic carbocycles. The monoisotopic (exact) mass is 324 g/mol. The number of hydrogen-bond acceptors (Lipinski definition) is 4. The van der Waals surface area contributed by atoms with Gasteiger partial charge in [0.15, 0.2) is 0 Å². The number of carboxylic acid groups (broad SMARTS) is 1. The first-order valence-electron chi connectivity index (χ1n) is 7.88. The zero-order valence-electron chi connectivity index (χ0n) is 12.5. The molecule has 2 aliphatic rings. The summed E-state index contributed by atoms with van der Waals surface area (Å²) in [4.78, 5) is 21.5. The Balaban J connectivity index is 1.68. The summed E-state index contributed by atoms with van der Waals surface area (Å²) in [6.07, 6.45) is 4.87. The smallest absolute Gasteiger partial charge is 0.404 e. The fourth-order valence-electron chi connectivity index (χ4n) is 3.45. The van der Waals surface area contributed by atoms with Crippen LogP contribution in [0, 0.1) is 5.92 Å². The van der Waals surface area contributed by atoms with Crippen molar-refractivity contribution >= 4 is 23.5 Å². The standard InChI is InChI=1S/C15H21ClN4O2/c16-14-18-12(11-3-1-2-4-11)7-13(19-14)20-6-5-10(9-20)8-17-15(21)22/h7,10-11,17H,1-6,8-9H2,(H,21,22). The van der Waals surface area contributed by atoms with E-state index in [-0.39, 0.29) is 0 Å². The highest BCUT2D eigenvalue weighted by Crippen LogP contribution is 2.35. The molecular formula is C15H21ClN4O2. The van der Waals surface area contributed by atoms with Crippen molar-refractivity contribution in [2.45, 2.75) is 38.0 Å². The van der Waals surface area contributed by atoms with Gasteiger partial charge in [0.1, 0.15) is 5.82 Å². The molecule has 6 nitrogen and oxygen atoms in total. The number of anilines is 1. The summed E-state index contributed by atoms with van der Waals surface area (Å²) >= 11 is 6.11. The summed E-state index contributed by atoms with van der Waals surface area (Å²) in [5.74, 6) is 1.70. The zero-order chi connectivity index (χ0) is 15.5. The van der Waals surface area contributed by atoms with E-state index in [9.17, 15) is 4.79 Å². The first kappa shape index (κ1) is 15.3. The molecule has 3 rings (SSSR count). The second kappa shape index (κ2) is 6.69. The van der Waals surface area contributed by atoms with E-state index in [0.717, 1.165) is 31.0 Å². The molecule has 1 unspecified atom stereocenters. The van der Waals surface area contributed by atoms with Crippen LogP contribution in [0.15, 0.2) is 6.07 Å². The van der Waals surface area contributed by atoms with Crippen LogP contribution < -0.4 is 10.2 Å². The first-order chi connectivity index (χ1) is 10.6. The Morgan fingerprint density at radius 3 is 2.86 bits per heavy atom. The second-order valence-electron chi connectivity index (χ2n) is 6.19. The molecule has 1 amide bonds. The lowest BCUT2D eigenvalue weighted by molar-refractivity contribution is 0.192. The number of aromatic nitrogens is 2. The van der Waals surface area contributed by atoms with E-state index in [0.29, 0.717) is 23.7 Å². The lowest BCUT2D eigenvalue weighted by Crippen LogP contribution is -2.30. The molecule has 1 aliphatic heterocycles. The SMILES string of the molecule is O=C(O)NCC1CCN(c2cc(C3CCCC3)nc(Cl)n2)C1. The van der Waals surface area contributed by atoms with E-state index < -0.39 is 6.09 Å². The first-order valence-corrected chi connectivity index (χ1v) is 8.26. The second-order valence-corrected chi connectivity index (χ2v) is 6.53. The summed E-state index contributed by atoms with van der Waals surface area (Å²) < 4.78 is 0. The molecule has 1 saturated carbocycles. The lowest BCUT2D eigenvalue weighted by atomic mass is 10.0. The Morgan fingerprint density at radius 1 is 1.36 bits per heavy atom. The Morgan fingerprint density at radius 2 is 2.14 bits per heavy atom. The van der Waals surface area contributed by atoms with Crippen LogP contribution in [0.5, 0.6) is 0 Å². The van der Waals surface area contributed by atoms with Gasteiger partial charge < -0.3 is 15.3 Å². The number of nitrogens with one attached hydrogen (secondary N) is 1. The molecular weight excluding hydrogens is 304 g/mol. The quantitative estimate of drug-likeness (QED) is 0.833. The summed E-state index contributed by atoms with van der Waals surface area (Å²) in [6.45, 7) is 2.17. The van der Waals surface area contributed by atoms with Gasteiger partial charge in [-0.15, -0.1) is 0 Å². The number of rotatable bonds is 4. The molecule has 2 fully saturated rings. The minimum atomic E-state index is -0.966. The van der Waals surface area contributed by atoms with Crippen molar-refractivity contribution in [3.05, 3.63) is 17.0 Å². The van der Waals surface area contributed by atoms with Crippen LogP contribution in [0.1, 0.15) is 43.7 Å². The Kier molecular flexibility index (Phi) is 4.66. The van der Waals surface area contributed by atoms with Gasteiger partial charge in [0.25, 0.3) is 0 Å². The van der Waals surface area contributed by atoms with Crippen LogP contribution in [-0.4, -0.2) is 40.8 Å². The Bertz CT molecular complexity index is 548. The van der Waals surface area contributed by atoms with Crippen molar-refractivity contribution in [1.82, 2.24) is 15.3 Å². The minimum Gasteiger partial charge on any atom is -0.465 e. The maximum Gasteiger partial charge on any atom is 0.404 e. The van der Waals surface area contributed by atoms with Crippen molar-refractivity contribution < 1.29 is 9.90 Å². The van der Waals surface area contributed by atoms with E-state index in [4.69, 9.17) is 16.7 Å². The van der Waals surface area contributed by atoms with Gasteiger partial charge in [0.2, 0.25) is 5.28 Å². The number of carbonyl (C=O) groups is 1. The number of hydrogen-bond donors (Lipinski definition) is 2. The Hall–Kier alpha value is -1.56. The predicted molar refractivity (Wildman–Crippen MR) is 84.6 cm³/mol. The Labute approximate surface area is 134 Å². The molecule has 2 N–H and O–H groups in total. The largest absolute Gasteiger partial charge is 0.465 e. The molecule has 1 aromatic heterocycles.